The number of rotatable bonds is 4. The Balaban J connectivity index is 2.34. The molecule has 0 aliphatic heterocycles. The third-order valence-electron chi connectivity index (χ3n) is 2.47. The second kappa shape index (κ2) is 5.71. The molecule has 0 bridgehead atoms. The van der Waals surface area contributed by atoms with E-state index in [9.17, 15) is 0 Å². The van der Waals surface area contributed by atoms with E-state index in [0.717, 1.165) is 11.3 Å². The second-order valence-electron chi connectivity index (χ2n) is 3.80. The molecule has 1 aromatic heterocycles. The molecule has 0 saturated carbocycles. The molecule has 0 saturated heterocycles. The number of aryl methyl sites for hydroxylation is 1. The molecule has 2 aromatic rings. The van der Waals surface area contributed by atoms with Crippen LogP contribution in [0, 0.1) is 6.92 Å². The van der Waals surface area contributed by atoms with Gasteiger partial charge in [0.25, 0.3) is 0 Å². The number of anilines is 3. The van der Waals surface area contributed by atoms with Crippen LogP contribution in [-0.2, 0) is 0 Å². The maximum atomic E-state index is 5.97. The van der Waals surface area contributed by atoms with E-state index in [-0.39, 0.29) is 6.01 Å². The lowest BCUT2D eigenvalue weighted by molar-refractivity contribution is 0.379. The largest absolute Gasteiger partial charge is 0.467 e. The molecule has 7 heteroatoms. The second-order valence-corrected chi connectivity index (χ2v) is 4.24. The van der Waals surface area contributed by atoms with Crippen molar-refractivity contribution in [3.63, 3.8) is 0 Å². The van der Waals surface area contributed by atoms with Crippen LogP contribution in [0.2, 0.25) is 5.02 Å². The Morgan fingerprint density at radius 2 is 1.89 bits per heavy atom. The summed E-state index contributed by atoms with van der Waals surface area (Å²) in [7, 11) is 3.23. The van der Waals surface area contributed by atoms with Gasteiger partial charge >= 0.3 is 6.01 Å². The third-order valence-corrected chi connectivity index (χ3v) is 2.70. The first kappa shape index (κ1) is 13.4. The molecule has 0 unspecified atom stereocenters. The van der Waals surface area contributed by atoms with E-state index in [1.165, 1.54) is 7.11 Å². The Kier molecular flexibility index (Phi) is 4.01. The van der Waals surface area contributed by atoms with E-state index in [4.69, 9.17) is 16.3 Å². The molecular weight excluding hydrogens is 266 g/mol. The highest BCUT2D eigenvalue weighted by atomic mass is 35.5. The monoisotopic (exact) mass is 279 g/mol. The van der Waals surface area contributed by atoms with Crippen LogP contribution in [0.15, 0.2) is 18.2 Å². The molecule has 0 aliphatic carbocycles. The smallest absolute Gasteiger partial charge is 0.322 e. The van der Waals surface area contributed by atoms with Crippen molar-refractivity contribution < 1.29 is 4.74 Å². The quantitative estimate of drug-likeness (QED) is 0.896. The molecule has 1 heterocycles. The zero-order chi connectivity index (χ0) is 13.8. The standard InChI is InChI=1S/C12H14ClN5O/c1-7-4-5-8(13)6-9(7)15-11-16-10(14-2)17-12(18-11)19-3/h4-6H,1-3H3,(H2,14,15,16,17,18). The van der Waals surface area contributed by atoms with Crippen LogP contribution in [-0.4, -0.2) is 29.1 Å². The summed E-state index contributed by atoms with van der Waals surface area (Å²) in [6.45, 7) is 1.97. The summed E-state index contributed by atoms with van der Waals surface area (Å²) in [4.78, 5) is 12.4. The van der Waals surface area contributed by atoms with Crippen molar-refractivity contribution in [2.24, 2.45) is 0 Å². The highest BCUT2D eigenvalue weighted by Gasteiger charge is 2.07. The average molecular weight is 280 g/mol. The van der Waals surface area contributed by atoms with Gasteiger partial charge in [-0.15, -0.1) is 0 Å². The fourth-order valence-electron chi connectivity index (χ4n) is 1.46. The number of benzene rings is 1. The Morgan fingerprint density at radius 1 is 1.16 bits per heavy atom. The van der Waals surface area contributed by atoms with Crippen LogP contribution < -0.4 is 15.4 Å². The van der Waals surface area contributed by atoms with Gasteiger partial charge in [-0.1, -0.05) is 17.7 Å². The van der Waals surface area contributed by atoms with E-state index in [1.54, 1.807) is 7.05 Å². The Hall–Kier alpha value is -2.08. The third kappa shape index (κ3) is 3.23. The zero-order valence-corrected chi connectivity index (χ0v) is 11.6. The van der Waals surface area contributed by atoms with Crippen LogP contribution in [0.25, 0.3) is 0 Å². The van der Waals surface area contributed by atoms with E-state index in [0.29, 0.717) is 16.9 Å². The molecule has 0 atom stereocenters. The molecular formula is C12H14ClN5O. The first-order valence-corrected chi connectivity index (χ1v) is 6.01. The minimum atomic E-state index is 0.238. The highest BCUT2D eigenvalue weighted by Crippen LogP contribution is 2.23. The summed E-state index contributed by atoms with van der Waals surface area (Å²) in [5.41, 5.74) is 1.87. The molecule has 6 nitrogen and oxygen atoms in total. The zero-order valence-electron chi connectivity index (χ0n) is 10.9. The normalized spacial score (nSPS) is 10.1. The first-order valence-electron chi connectivity index (χ1n) is 5.63. The Labute approximate surface area is 116 Å². The summed E-state index contributed by atoms with van der Waals surface area (Å²) in [6, 6.07) is 5.80. The van der Waals surface area contributed by atoms with E-state index < -0.39 is 0 Å². The number of ether oxygens (including phenoxy) is 1. The number of aromatic nitrogens is 3. The fraction of sp³-hybridized carbons (Fsp3) is 0.250. The SMILES string of the molecule is CNc1nc(Nc2cc(Cl)ccc2C)nc(OC)n1. The summed E-state index contributed by atoms with van der Waals surface area (Å²) in [6.07, 6.45) is 0. The highest BCUT2D eigenvalue weighted by molar-refractivity contribution is 6.30. The van der Waals surface area contributed by atoms with E-state index >= 15 is 0 Å². The molecule has 2 rings (SSSR count). The molecule has 0 amide bonds. The summed E-state index contributed by atoms with van der Waals surface area (Å²) in [5.74, 6) is 0.815. The Bertz CT molecular complexity index is 568. The minimum absolute atomic E-state index is 0.238. The van der Waals surface area contributed by atoms with Crippen molar-refractivity contribution in [3.8, 4) is 6.01 Å². The lowest BCUT2D eigenvalue weighted by Gasteiger charge is -2.10. The summed E-state index contributed by atoms with van der Waals surface area (Å²) >= 11 is 5.97. The minimum Gasteiger partial charge on any atom is -0.467 e. The predicted octanol–water partition coefficient (Wildman–Crippen LogP) is 2.63. The van der Waals surface area contributed by atoms with E-state index in [1.807, 2.05) is 25.1 Å². The van der Waals surface area contributed by atoms with Gasteiger partial charge in [-0.25, -0.2) is 0 Å². The molecule has 19 heavy (non-hydrogen) atoms. The van der Waals surface area contributed by atoms with Crippen LogP contribution in [0.1, 0.15) is 5.56 Å². The van der Waals surface area contributed by atoms with Crippen molar-refractivity contribution in [1.29, 1.82) is 0 Å². The van der Waals surface area contributed by atoms with Gasteiger partial charge in [0.2, 0.25) is 11.9 Å². The molecule has 0 spiro atoms. The molecule has 0 aliphatic rings. The molecule has 2 N–H and O–H groups in total. The fourth-order valence-corrected chi connectivity index (χ4v) is 1.64. The number of nitrogens with one attached hydrogen (secondary N) is 2. The van der Waals surface area contributed by atoms with Crippen molar-refractivity contribution in [2.45, 2.75) is 6.92 Å². The van der Waals surface area contributed by atoms with Crippen LogP contribution >= 0.6 is 11.6 Å². The number of methoxy groups -OCH3 is 1. The number of halogens is 1. The van der Waals surface area contributed by atoms with Crippen LogP contribution in [0.4, 0.5) is 17.6 Å². The summed E-state index contributed by atoms with van der Waals surface area (Å²) in [5, 5.41) is 6.58. The predicted molar refractivity (Wildman–Crippen MR) is 75.4 cm³/mol. The van der Waals surface area contributed by atoms with Gasteiger partial charge in [0.15, 0.2) is 0 Å². The average Bonchev–Trinajstić information content (AvgIpc) is 2.42. The van der Waals surface area contributed by atoms with Crippen molar-refractivity contribution >= 4 is 29.2 Å². The van der Waals surface area contributed by atoms with Crippen LogP contribution in [0.5, 0.6) is 6.01 Å². The Morgan fingerprint density at radius 3 is 2.58 bits per heavy atom. The van der Waals surface area contributed by atoms with E-state index in [2.05, 4.69) is 25.6 Å². The maximum Gasteiger partial charge on any atom is 0.322 e. The lowest BCUT2D eigenvalue weighted by atomic mass is 10.2. The van der Waals surface area contributed by atoms with Crippen molar-refractivity contribution in [1.82, 2.24) is 15.0 Å². The van der Waals surface area contributed by atoms with Gasteiger partial charge in [0.05, 0.1) is 7.11 Å². The number of hydrogen-bond donors (Lipinski definition) is 2. The molecule has 0 radical (unpaired) electrons. The maximum absolute atomic E-state index is 5.97. The van der Waals surface area contributed by atoms with Crippen molar-refractivity contribution in [2.75, 3.05) is 24.8 Å². The van der Waals surface area contributed by atoms with Gasteiger partial charge in [-0.3, -0.25) is 0 Å². The van der Waals surface area contributed by atoms with Gasteiger partial charge in [-0.05, 0) is 24.6 Å². The summed E-state index contributed by atoms with van der Waals surface area (Å²) < 4.78 is 5.02. The lowest BCUT2D eigenvalue weighted by Crippen LogP contribution is -2.06. The van der Waals surface area contributed by atoms with Gasteiger partial charge < -0.3 is 15.4 Å². The molecule has 100 valence electrons. The number of hydrogen-bond acceptors (Lipinski definition) is 6. The van der Waals surface area contributed by atoms with Crippen LogP contribution in [0.3, 0.4) is 0 Å². The topological polar surface area (TPSA) is 72.0 Å². The first-order chi connectivity index (χ1) is 9.12. The molecule has 0 fully saturated rings. The molecule has 1 aromatic carbocycles. The van der Waals surface area contributed by atoms with Gasteiger partial charge in [0.1, 0.15) is 0 Å². The number of nitrogens with zero attached hydrogens (tertiary/aromatic N) is 3. The van der Waals surface area contributed by atoms with Gasteiger partial charge in [-0.2, -0.15) is 15.0 Å². The van der Waals surface area contributed by atoms with Gasteiger partial charge in [0, 0.05) is 17.8 Å². The van der Waals surface area contributed by atoms with Crippen molar-refractivity contribution in [3.05, 3.63) is 28.8 Å².